The molecule has 1 N–H and O–H groups in total. The van der Waals surface area contributed by atoms with Crippen molar-refractivity contribution in [1.29, 1.82) is 0 Å². The first kappa shape index (κ1) is 47.6. The molecule has 0 rings (SSSR count). The van der Waals surface area contributed by atoms with Gasteiger partial charge in [-0.3, -0.25) is 4.79 Å². The van der Waals surface area contributed by atoms with E-state index >= 15 is 0 Å². The van der Waals surface area contributed by atoms with Crippen molar-refractivity contribution in [1.82, 2.24) is 0 Å². The number of rotatable bonds is 42. The number of carboxylic acids is 1. The molecule has 0 aliphatic heterocycles. The Kier molecular flexibility index (Phi) is 39.0. The minimum Gasteiger partial charge on any atom is -0.481 e. The molecule has 0 bridgehead atoms. The van der Waals surface area contributed by atoms with Crippen LogP contribution in [0.25, 0.3) is 0 Å². The summed E-state index contributed by atoms with van der Waals surface area (Å²) in [7, 11) is 2.77. The second kappa shape index (κ2) is 39.4. The second-order valence-corrected chi connectivity index (χ2v) is 18.0. The molecule has 0 spiro atoms. The lowest BCUT2D eigenvalue weighted by molar-refractivity contribution is -0.137. The Morgan fingerprint density at radius 3 is 0.667 bits per heavy atom. The van der Waals surface area contributed by atoms with E-state index in [2.05, 4.69) is 0 Å². The van der Waals surface area contributed by atoms with Crippen LogP contribution in [0, 0.1) is 0 Å². The van der Waals surface area contributed by atoms with Gasteiger partial charge in [-0.1, -0.05) is 218 Å². The van der Waals surface area contributed by atoms with Gasteiger partial charge < -0.3 is 18.4 Å². The minimum absolute atomic E-state index is 0.343. The molecule has 0 fully saturated rings. The first-order valence-corrected chi connectivity index (χ1v) is 23.4. The molecule has 0 atom stereocenters. The summed E-state index contributed by atoms with van der Waals surface area (Å²) in [4.78, 5) is 10.5. The van der Waals surface area contributed by atoms with Crippen LogP contribution in [0.15, 0.2) is 0 Å². The van der Waals surface area contributed by atoms with Gasteiger partial charge in [-0.15, -0.1) is 0 Å². The zero-order chi connectivity index (χ0) is 35.1. The molecule has 0 saturated carbocycles. The summed E-state index contributed by atoms with van der Waals surface area (Å²) in [5, 5.41) is 8.65. The predicted molar refractivity (Wildman–Crippen MR) is 210 cm³/mol. The molecule has 0 saturated heterocycles. The van der Waals surface area contributed by atoms with Gasteiger partial charge in [0.1, 0.15) is 0 Å². The normalized spacial score (nSPS) is 11.9. The molecule has 0 aromatic rings. The third-order valence-corrected chi connectivity index (χ3v) is 13.4. The fraction of sp³-hybridized carbons (Fsp3) is 0.976. The quantitative estimate of drug-likeness (QED) is 0.0508. The molecule has 0 aliphatic carbocycles. The first-order valence-electron chi connectivity index (χ1n) is 21.5. The molecule has 0 aromatic carbocycles. The maximum atomic E-state index is 10.5. The Morgan fingerprint density at radius 1 is 0.333 bits per heavy atom. The number of carbonyl (C=O) groups is 1. The van der Waals surface area contributed by atoms with Crippen LogP contribution in [-0.2, 0) is 18.1 Å². The Balaban J connectivity index is 3.12. The van der Waals surface area contributed by atoms with E-state index in [-0.39, 0.29) is 0 Å². The van der Waals surface area contributed by atoms with Crippen LogP contribution in [0.5, 0.6) is 0 Å². The Labute approximate surface area is 302 Å². The smallest absolute Gasteiger partial charge is 0.481 e. The highest BCUT2D eigenvalue weighted by Crippen LogP contribution is 2.20. The second-order valence-electron chi connectivity index (χ2n) is 14.9. The molecule has 288 valence electrons. The van der Waals surface area contributed by atoms with Crippen molar-refractivity contribution in [2.24, 2.45) is 0 Å². The van der Waals surface area contributed by atoms with Gasteiger partial charge in [0.25, 0.3) is 0 Å². The minimum atomic E-state index is -2.35. The average Bonchev–Trinajstić information content (AvgIpc) is 3.09. The van der Waals surface area contributed by atoms with Crippen LogP contribution >= 0.6 is 0 Å². The lowest BCUT2D eigenvalue weighted by atomic mass is 10.0. The van der Waals surface area contributed by atoms with Gasteiger partial charge in [-0.2, -0.15) is 0 Å². The van der Waals surface area contributed by atoms with Gasteiger partial charge in [0, 0.05) is 33.8 Å². The highest BCUT2D eigenvalue weighted by Gasteiger charge is 2.36. The zero-order valence-corrected chi connectivity index (χ0v) is 34.0. The highest BCUT2D eigenvalue weighted by molar-refractivity contribution is 6.60. The summed E-state index contributed by atoms with van der Waals surface area (Å²) in [6, 6.07) is 0.935. The van der Waals surface area contributed by atoms with Crippen molar-refractivity contribution in [3.05, 3.63) is 0 Å². The Hall–Kier alpha value is -0.433. The van der Waals surface area contributed by atoms with Crippen molar-refractivity contribution in [2.45, 2.75) is 244 Å². The molecular weight excluding hydrogens is 613 g/mol. The van der Waals surface area contributed by atoms with Crippen LogP contribution in [0.4, 0.5) is 0 Å². The number of aliphatic carboxylic acids is 1. The lowest BCUT2D eigenvalue weighted by Gasteiger charge is -2.24. The third kappa shape index (κ3) is 35.4. The Bertz CT molecular complexity index is 619. The van der Waals surface area contributed by atoms with E-state index < -0.39 is 14.8 Å². The average molecular weight is 699 g/mol. The van der Waals surface area contributed by atoms with Gasteiger partial charge in [0.05, 0.1) is 0 Å². The first-order chi connectivity index (χ1) is 23.6. The third-order valence-electron chi connectivity index (χ3n) is 10.6. The Morgan fingerprint density at radius 2 is 0.500 bits per heavy atom. The number of hydrogen-bond donors (Lipinski definition) is 1. The van der Waals surface area contributed by atoms with Gasteiger partial charge in [0.15, 0.2) is 0 Å². The number of hydrogen-bond acceptors (Lipinski definition) is 4. The van der Waals surface area contributed by atoms with Crippen molar-refractivity contribution in [2.75, 3.05) is 21.3 Å². The summed E-state index contributed by atoms with van der Waals surface area (Å²) >= 11 is 0. The lowest BCUT2D eigenvalue weighted by Crippen LogP contribution is -2.42. The largest absolute Gasteiger partial charge is 0.500 e. The highest BCUT2D eigenvalue weighted by atomic mass is 28.4. The molecule has 6 heteroatoms. The maximum Gasteiger partial charge on any atom is 0.500 e. The van der Waals surface area contributed by atoms with E-state index in [1.54, 1.807) is 21.3 Å². The molecule has 0 aromatic heterocycles. The summed E-state index contributed by atoms with van der Waals surface area (Å²) in [5.74, 6) is -0.650. The molecule has 0 heterocycles. The topological polar surface area (TPSA) is 65.0 Å². The molecule has 5 nitrogen and oxygen atoms in total. The van der Waals surface area contributed by atoms with Crippen molar-refractivity contribution in [3.63, 3.8) is 0 Å². The van der Waals surface area contributed by atoms with E-state index in [1.165, 1.54) is 212 Å². The van der Waals surface area contributed by atoms with Crippen molar-refractivity contribution < 1.29 is 23.2 Å². The summed E-state index contributed by atoms with van der Waals surface area (Å²) < 4.78 is 16.5. The summed E-state index contributed by atoms with van der Waals surface area (Å²) in [5.41, 5.74) is 0. The molecule has 0 radical (unpaired) electrons. The van der Waals surface area contributed by atoms with E-state index in [4.69, 9.17) is 18.4 Å². The fourth-order valence-corrected chi connectivity index (χ4v) is 8.98. The predicted octanol–water partition coefficient (Wildman–Crippen LogP) is 14.4. The van der Waals surface area contributed by atoms with Gasteiger partial charge in [0.2, 0.25) is 0 Å². The molecule has 0 unspecified atom stereocenters. The summed E-state index contributed by atoms with van der Waals surface area (Å²) in [6.45, 7) is 0. The monoisotopic (exact) mass is 699 g/mol. The zero-order valence-electron chi connectivity index (χ0n) is 33.0. The molecule has 0 amide bonds. The molecular formula is C42H86O5Si. The summed E-state index contributed by atoms with van der Waals surface area (Å²) in [6.07, 6.45) is 50.1. The van der Waals surface area contributed by atoms with Gasteiger partial charge >= 0.3 is 14.8 Å². The van der Waals surface area contributed by atoms with E-state index in [0.717, 1.165) is 25.3 Å². The van der Waals surface area contributed by atoms with Crippen LogP contribution in [0.2, 0.25) is 6.04 Å². The van der Waals surface area contributed by atoms with Gasteiger partial charge in [-0.05, 0) is 12.8 Å². The number of carboxylic acid groups (broad SMARTS) is 1. The fourth-order valence-electron chi connectivity index (χ4n) is 7.18. The SMILES string of the molecule is CO[Si](CCCCCCCCCCCCCCCCCCCCCCCCCCCCCCCCCCCCCCC(=O)O)(OC)OC. The van der Waals surface area contributed by atoms with E-state index in [9.17, 15) is 4.79 Å². The van der Waals surface area contributed by atoms with Gasteiger partial charge in [-0.25, -0.2) is 0 Å². The van der Waals surface area contributed by atoms with Crippen LogP contribution < -0.4 is 0 Å². The maximum absolute atomic E-state index is 10.5. The number of unbranched alkanes of at least 4 members (excludes halogenated alkanes) is 35. The molecule has 0 aliphatic rings. The van der Waals surface area contributed by atoms with E-state index in [1.807, 2.05) is 0 Å². The van der Waals surface area contributed by atoms with Crippen molar-refractivity contribution >= 4 is 14.8 Å². The van der Waals surface area contributed by atoms with Crippen LogP contribution in [0.1, 0.15) is 238 Å². The van der Waals surface area contributed by atoms with Crippen molar-refractivity contribution in [3.8, 4) is 0 Å². The van der Waals surface area contributed by atoms with Crippen LogP contribution in [-0.4, -0.2) is 41.2 Å². The van der Waals surface area contributed by atoms with Crippen LogP contribution in [0.3, 0.4) is 0 Å². The van der Waals surface area contributed by atoms with E-state index in [0.29, 0.717) is 6.42 Å². The standard InChI is InChI=1S/C42H86O5Si/c1-45-48(46-2,47-3)41-39-37-35-33-31-29-27-25-23-21-19-17-15-13-11-9-7-5-4-6-8-10-12-14-16-18-20-22-24-26-28-30-32-34-36-38-40-42(43)44/h4-41H2,1-3H3,(H,43,44). The molecule has 48 heavy (non-hydrogen) atoms.